The van der Waals surface area contributed by atoms with E-state index in [2.05, 4.69) is 45.0 Å². The summed E-state index contributed by atoms with van der Waals surface area (Å²) in [5.41, 5.74) is 1.87. The summed E-state index contributed by atoms with van der Waals surface area (Å²) in [4.78, 5) is 0. The lowest BCUT2D eigenvalue weighted by atomic mass is 9.59. The Morgan fingerprint density at radius 3 is 2.21 bits per heavy atom. The molecule has 3 fully saturated rings. The number of fused-ring (bicyclic) bond motifs is 3. The van der Waals surface area contributed by atoms with E-state index < -0.39 is 0 Å². The Kier molecular flexibility index (Phi) is 5.86. The molecule has 0 spiro atoms. The van der Waals surface area contributed by atoms with Gasteiger partial charge in [0.05, 0.1) is 0 Å². The van der Waals surface area contributed by atoms with Crippen LogP contribution in [-0.4, -0.2) is 12.9 Å². The molecule has 0 aromatic heterocycles. The lowest BCUT2D eigenvalue weighted by Gasteiger charge is -2.47. The molecule has 1 aromatic carbocycles. The molecule has 2 unspecified atom stereocenters. The van der Waals surface area contributed by atoms with Crippen LogP contribution in [0.15, 0.2) is 24.3 Å². The van der Waals surface area contributed by atoms with Crippen LogP contribution < -0.4 is 4.74 Å². The Morgan fingerprint density at radius 1 is 1.04 bits per heavy atom. The Balaban J connectivity index is 1.63. The van der Waals surface area contributed by atoms with Crippen molar-refractivity contribution in [3.05, 3.63) is 29.8 Å². The van der Waals surface area contributed by atoms with E-state index in [1.165, 1.54) is 50.5 Å². The summed E-state index contributed by atoms with van der Waals surface area (Å²) in [7, 11) is 0. The van der Waals surface area contributed by atoms with E-state index >= 15 is 0 Å². The predicted molar refractivity (Wildman–Crippen MR) is 99.4 cm³/mol. The molecule has 0 heterocycles. The highest BCUT2D eigenvalue weighted by molar-refractivity contribution is 5.29. The van der Waals surface area contributed by atoms with Gasteiger partial charge in [-0.2, -0.15) is 0 Å². The van der Waals surface area contributed by atoms with E-state index in [4.69, 9.17) is 9.47 Å². The molecule has 2 bridgehead atoms. The second-order valence-electron chi connectivity index (χ2n) is 8.07. The van der Waals surface area contributed by atoms with Crippen LogP contribution in [0.5, 0.6) is 5.75 Å². The quantitative estimate of drug-likeness (QED) is 0.521. The van der Waals surface area contributed by atoms with Crippen LogP contribution in [-0.2, 0) is 4.74 Å². The van der Waals surface area contributed by atoms with Crippen molar-refractivity contribution in [3.8, 4) is 5.75 Å². The SMILES string of the molecule is CCOC(CC12CCC(CC1)CC2)Oc1ccc(C(C)CC)cc1. The van der Waals surface area contributed by atoms with Gasteiger partial charge in [-0.25, -0.2) is 0 Å². The van der Waals surface area contributed by atoms with Gasteiger partial charge in [0, 0.05) is 13.0 Å². The summed E-state index contributed by atoms with van der Waals surface area (Å²) >= 11 is 0. The van der Waals surface area contributed by atoms with E-state index in [1.54, 1.807) is 0 Å². The summed E-state index contributed by atoms with van der Waals surface area (Å²) in [6.45, 7) is 7.29. The monoisotopic (exact) mass is 330 g/mol. The predicted octanol–water partition coefficient (Wildman–Crippen LogP) is 6.30. The maximum atomic E-state index is 6.25. The molecule has 2 nitrogen and oxygen atoms in total. The number of hydrogen-bond acceptors (Lipinski definition) is 2. The van der Waals surface area contributed by atoms with E-state index in [9.17, 15) is 0 Å². The van der Waals surface area contributed by atoms with Crippen molar-refractivity contribution in [2.24, 2.45) is 11.3 Å². The Hall–Kier alpha value is -1.02. The van der Waals surface area contributed by atoms with Crippen LogP contribution in [0, 0.1) is 11.3 Å². The topological polar surface area (TPSA) is 18.5 Å². The molecule has 134 valence electrons. The van der Waals surface area contributed by atoms with Crippen molar-refractivity contribution in [3.63, 3.8) is 0 Å². The molecule has 0 N–H and O–H groups in total. The minimum Gasteiger partial charge on any atom is -0.465 e. The fourth-order valence-corrected chi connectivity index (χ4v) is 4.58. The maximum absolute atomic E-state index is 6.25. The third-order valence-electron chi connectivity index (χ3n) is 6.53. The lowest BCUT2D eigenvalue weighted by Crippen LogP contribution is -2.39. The van der Waals surface area contributed by atoms with Crippen LogP contribution in [0.1, 0.15) is 83.6 Å². The third kappa shape index (κ3) is 4.14. The van der Waals surface area contributed by atoms with Crippen molar-refractivity contribution >= 4 is 0 Å². The fourth-order valence-electron chi connectivity index (χ4n) is 4.58. The maximum Gasteiger partial charge on any atom is 0.200 e. The Labute approximate surface area is 147 Å². The molecular weight excluding hydrogens is 296 g/mol. The summed E-state index contributed by atoms with van der Waals surface area (Å²) in [5.74, 6) is 2.56. The van der Waals surface area contributed by atoms with Gasteiger partial charge >= 0.3 is 0 Å². The minimum atomic E-state index is -0.0981. The standard InChI is InChI=1S/C22H34O2/c1-4-17(3)19-6-8-20(9-7-19)24-21(23-5-2)16-22-13-10-18(11-14-22)12-15-22/h6-9,17-18,21H,4-5,10-16H2,1-3H3. The Morgan fingerprint density at radius 2 is 1.67 bits per heavy atom. The van der Waals surface area contributed by atoms with Crippen molar-refractivity contribution in [2.45, 2.75) is 84.3 Å². The number of benzene rings is 1. The normalized spacial score (nSPS) is 28.5. The third-order valence-corrected chi connectivity index (χ3v) is 6.53. The molecule has 1 aromatic rings. The summed E-state index contributed by atoms with van der Waals surface area (Å²) in [6, 6.07) is 8.64. The summed E-state index contributed by atoms with van der Waals surface area (Å²) in [5, 5.41) is 0. The van der Waals surface area contributed by atoms with Gasteiger partial charge in [-0.05, 0) is 86.8 Å². The van der Waals surface area contributed by atoms with Gasteiger partial charge in [-0.3, -0.25) is 0 Å². The first kappa shape index (κ1) is 17.8. The average Bonchev–Trinajstić information content (AvgIpc) is 2.63. The highest BCUT2D eigenvalue weighted by Gasteiger charge is 2.42. The zero-order valence-corrected chi connectivity index (χ0v) is 15.7. The second-order valence-corrected chi connectivity index (χ2v) is 8.07. The van der Waals surface area contributed by atoms with Crippen LogP contribution in [0.25, 0.3) is 0 Å². The summed E-state index contributed by atoms with van der Waals surface area (Å²) < 4.78 is 12.2. The molecule has 2 heteroatoms. The van der Waals surface area contributed by atoms with Crippen LogP contribution in [0.2, 0.25) is 0 Å². The highest BCUT2D eigenvalue weighted by Crippen LogP contribution is 2.53. The summed E-state index contributed by atoms with van der Waals surface area (Å²) in [6.07, 6.45) is 10.5. The van der Waals surface area contributed by atoms with Crippen LogP contribution in [0.4, 0.5) is 0 Å². The number of hydrogen-bond donors (Lipinski definition) is 0. The molecule has 3 aliphatic carbocycles. The lowest BCUT2D eigenvalue weighted by molar-refractivity contribution is -0.116. The molecule has 2 atom stereocenters. The molecule has 0 saturated heterocycles. The van der Waals surface area contributed by atoms with E-state index in [0.29, 0.717) is 17.9 Å². The van der Waals surface area contributed by atoms with E-state index in [0.717, 1.165) is 18.1 Å². The minimum absolute atomic E-state index is 0.0981. The van der Waals surface area contributed by atoms with Crippen molar-refractivity contribution in [1.29, 1.82) is 0 Å². The van der Waals surface area contributed by atoms with Gasteiger partial charge in [-0.1, -0.05) is 26.0 Å². The largest absolute Gasteiger partial charge is 0.465 e. The molecule has 24 heavy (non-hydrogen) atoms. The zero-order chi connectivity index (χ0) is 17.0. The van der Waals surface area contributed by atoms with Gasteiger partial charge in [-0.15, -0.1) is 0 Å². The molecule has 4 rings (SSSR count). The zero-order valence-electron chi connectivity index (χ0n) is 15.7. The van der Waals surface area contributed by atoms with Crippen LogP contribution >= 0.6 is 0 Å². The van der Waals surface area contributed by atoms with Gasteiger partial charge < -0.3 is 9.47 Å². The first-order chi connectivity index (χ1) is 11.6. The van der Waals surface area contributed by atoms with E-state index in [-0.39, 0.29) is 6.29 Å². The van der Waals surface area contributed by atoms with Gasteiger partial charge in [0.2, 0.25) is 0 Å². The molecule has 0 radical (unpaired) electrons. The average molecular weight is 331 g/mol. The van der Waals surface area contributed by atoms with Gasteiger partial charge in [0.15, 0.2) is 6.29 Å². The molecular formula is C22H34O2. The van der Waals surface area contributed by atoms with Crippen LogP contribution in [0.3, 0.4) is 0 Å². The molecule has 3 saturated carbocycles. The molecule has 3 aliphatic rings. The number of rotatable bonds is 8. The fraction of sp³-hybridized carbons (Fsp3) is 0.727. The van der Waals surface area contributed by atoms with Crippen molar-refractivity contribution in [1.82, 2.24) is 0 Å². The smallest absolute Gasteiger partial charge is 0.200 e. The molecule has 0 aliphatic heterocycles. The first-order valence-electron chi connectivity index (χ1n) is 10.0. The second kappa shape index (κ2) is 7.91. The highest BCUT2D eigenvalue weighted by atomic mass is 16.7. The Bertz CT molecular complexity index is 485. The number of ether oxygens (including phenoxy) is 2. The molecule has 0 amide bonds. The van der Waals surface area contributed by atoms with Crippen molar-refractivity contribution in [2.75, 3.05) is 6.61 Å². The van der Waals surface area contributed by atoms with Crippen molar-refractivity contribution < 1.29 is 9.47 Å². The first-order valence-corrected chi connectivity index (χ1v) is 10.0. The van der Waals surface area contributed by atoms with E-state index in [1.807, 2.05) is 0 Å². The van der Waals surface area contributed by atoms with Gasteiger partial charge in [0.25, 0.3) is 0 Å². The van der Waals surface area contributed by atoms with Gasteiger partial charge in [0.1, 0.15) is 5.75 Å².